The monoisotopic (exact) mass is 489 g/mol. The predicted octanol–water partition coefficient (Wildman–Crippen LogP) is 4.00. The van der Waals surface area contributed by atoms with Crippen LogP contribution >= 0.6 is 15.9 Å². The van der Waals surface area contributed by atoms with E-state index in [4.69, 9.17) is 14.6 Å². The van der Waals surface area contributed by atoms with Gasteiger partial charge in [-0.05, 0) is 62.8 Å². The summed E-state index contributed by atoms with van der Waals surface area (Å²) in [5.74, 6) is 0.253. The van der Waals surface area contributed by atoms with Crippen molar-refractivity contribution in [1.29, 1.82) is 0 Å². The number of methoxy groups -OCH3 is 1. The van der Waals surface area contributed by atoms with Crippen molar-refractivity contribution in [1.82, 2.24) is 14.7 Å². The molecule has 168 valence electrons. The summed E-state index contributed by atoms with van der Waals surface area (Å²) in [5.41, 5.74) is 3.72. The summed E-state index contributed by atoms with van der Waals surface area (Å²) in [6, 6.07) is 11.4. The number of morpholine rings is 1. The molecule has 1 saturated carbocycles. The fourth-order valence-electron chi connectivity index (χ4n) is 5.00. The van der Waals surface area contributed by atoms with Crippen LogP contribution in [0.3, 0.4) is 0 Å². The molecule has 2 fully saturated rings. The second-order valence-electron chi connectivity index (χ2n) is 8.87. The van der Waals surface area contributed by atoms with E-state index in [0.717, 1.165) is 36.6 Å². The maximum atomic E-state index is 12.2. The number of halogens is 1. The Kier molecular flexibility index (Phi) is 7.14. The molecule has 2 aliphatic rings. The zero-order valence-electron chi connectivity index (χ0n) is 18.6. The summed E-state index contributed by atoms with van der Waals surface area (Å²) >= 11 is 3.51. The van der Waals surface area contributed by atoms with Crippen molar-refractivity contribution in [2.45, 2.75) is 63.1 Å². The minimum Gasteiger partial charge on any atom is -0.467 e. The standard InChI is InChI=1S/C24H32BrN3O3/c1-16-12-22(26-27(16)2)18-6-10-20(11-7-18)28-14-23(24(29)30-3)31-15-21(28)13-17-4-8-19(25)9-5-17/h4-5,8-9,12,18,20-21,23H,6-7,10-11,13-15H2,1-3H3. The summed E-state index contributed by atoms with van der Waals surface area (Å²) in [5, 5.41) is 4.71. The van der Waals surface area contributed by atoms with Crippen molar-refractivity contribution >= 4 is 21.9 Å². The zero-order valence-corrected chi connectivity index (χ0v) is 20.2. The third kappa shape index (κ3) is 5.21. The molecule has 1 aromatic carbocycles. The lowest BCUT2D eigenvalue weighted by molar-refractivity contribution is -0.165. The van der Waals surface area contributed by atoms with Gasteiger partial charge in [0.2, 0.25) is 0 Å². The Morgan fingerprint density at radius 2 is 1.94 bits per heavy atom. The zero-order chi connectivity index (χ0) is 22.0. The molecule has 2 atom stereocenters. The molecule has 0 spiro atoms. The van der Waals surface area contributed by atoms with Gasteiger partial charge in [-0.15, -0.1) is 0 Å². The van der Waals surface area contributed by atoms with Crippen molar-refractivity contribution in [3.8, 4) is 0 Å². The topological polar surface area (TPSA) is 56.6 Å². The number of aromatic nitrogens is 2. The molecule has 31 heavy (non-hydrogen) atoms. The molecule has 0 N–H and O–H groups in total. The fraction of sp³-hybridized carbons (Fsp3) is 0.583. The van der Waals surface area contributed by atoms with Crippen LogP contribution in [0.5, 0.6) is 0 Å². The molecule has 1 saturated heterocycles. The van der Waals surface area contributed by atoms with Gasteiger partial charge in [-0.1, -0.05) is 28.1 Å². The number of esters is 1. The first-order valence-electron chi connectivity index (χ1n) is 11.1. The van der Waals surface area contributed by atoms with E-state index in [9.17, 15) is 4.79 Å². The number of aryl methyl sites for hydroxylation is 2. The summed E-state index contributed by atoms with van der Waals surface area (Å²) in [4.78, 5) is 14.7. The van der Waals surface area contributed by atoms with Gasteiger partial charge in [0.15, 0.2) is 6.10 Å². The third-order valence-corrected chi connectivity index (χ3v) is 7.43. The van der Waals surface area contributed by atoms with Crippen molar-refractivity contribution < 1.29 is 14.3 Å². The molecule has 4 rings (SSSR count). The quantitative estimate of drug-likeness (QED) is 0.594. The molecule has 0 bridgehead atoms. The van der Waals surface area contributed by atoms with E-state index < -0.39 is 6.10 Å². The first-order chi connectivity index (χ1) is 14.9. The van der Waals surface area contributed by atoms with Crippen LogP contribution in [0.25, 0.3) is 0 Å². The van der Waals surface area contributed by atoms with E-state index in [0.29, 0.717) is 25.1 Å². The van der Waals surface area contributed by atoms with Gasteiger partial charge in [-0.3, -0.25) is 9.58 Å². The van der Waals surface area contributed by atoms with Crippen molar-refractivity contribution in [3.63, 3.8) is 0 Å². The molecule has 6 nitrogen and oxygen atoms in total. The highest BCUT2D eigenvalue weighted by atomic mass is 79.9. The lowest BCUT2D eigenvalue weighted by Gasteiger charge is -2.45. The summed E-state index contributed by atoms with van der Waals surface area (Å²) in [6.07, 6.45) is 4.91. The lowest BCUT2D eigenvalue weighted by Crippen LogP contribution is -2.57. The van der Waals surface area contributed by atoms with Gasteiger partial charge < -0.3 is 9.47 Å². The van der Waals surface area contributed by atoms with E-state index in [2.05, 4.69) is 58.1 Å². The molecule has 2 heterocycles. The highest BCUT2D eigenvalue weighted by molar-refractivity contribution is 9.10. The normalized spacial score (nSPS) is 27.2. The summed E-state index contributed by atoms with van der Waals surface area (Å²) < 4.78 is 14.0. The predicted molar refractivity (Wildman–Crippen MR) is 123 cm³/mol. The fourth-order valence-corrected chi connectivity index (χ4v) is 5.26. The minimum absolute atomic E-state index is 0.265. The highest BCUT2D eigenvalue weighted by Gasteiger charge is 2.38. The molecule has 0 amide bonds. The number of hydrogen-bond donors (Lipinski definition) is 0. The third-order valence-electron chi connectivity index (χ3n) is 6.90. The molecule has 7 heteroatoms. The molecular formula is C24H32BrN3O3. The Hall–Kier alpha value is -1.70. The minimum atomic E-state index is -0.498. The average Bonchev–Trinajstić information content (AvgIpc) is 3.13. The number of carbonyl (C=O) groups excluding carboxylic acids is 1. The van der Waals surface area contributed by atoms with E-state index in [-0.39, 0.29) is 12.0 Å². The summed E-state index contributed by atoms with van der Waals surface area (Å²) in [6.45, 7) is 3.26. The SMILES string of the molecule is COC(=O)C1CN(C2CCC(c3cc(C)n(C)n3)CC2)C(Cc2ccc(Br)cc2)CO1. The van der Waals surface area contributed by atoms with Crippen LogP contribution in [-0.4, -0.2) is 59.1 Å². The van der Waals surface area contributed by atoms with Crippen molar-refractivity contribution in [3.05, 3.63) is 51.8 Å². The molecule has 1 aliphatic heterocycles. The second-order valence-corrected chi connectivity index (χ2v) is 9.78. The van der Waals surface area contributed by atoms with E-state index in [1.165, 1.54) is 24.1 Å². The maximum Gasteiger partial charge on any atom is 0.336 e. The smallest absolute Gasteiger partial charge is 0.336 e. The number of benzene rings is 1. The van der Waals surface area contributed by atoms with Gasteiger partial charge in [0.1, 0.15) is 0 Å². The van der Waals surface area contributed by atoms with Crippen molar-refractivity contribution in [2.24, 2.45) is 7.05 Å². The van der Waals surface area contributed by atoms with E-state index in [1.54, 1.807) is 0 Å². The Bertz CT molecular complexity index is 870. The number of carbonyl (C=O) groups is 1. The van der Waals surface area contributed by atoms with Crippen LogP contribution in [-0.2, 0) is 27.7 Å². The van der Waals surface area contributed by atoms with Crippen LogP contribution in [0.1, 0.15) is 48.6 Å². The van der Waals surface area contributed by atoms with Gasteiger partial charge in [0.05, 0.1) is 19.4 Å². The number of hydrogen-bond acceptors (Lipinski definition) is 5. The second kappa shape index (κ2) is 9.84. The van der Waals surface area contributed by atoms with Crippen LogP contribution < -0.4 is 0 Å². The highest BCUT2D eigenvalue weighted by Crippen LogP contribution is 2.36. The molecular weight excluding hydrogens is 458 g/mol. The molecule has 0 radical (unpaired) electrons. The van der Waals surface area contributed by atoms with Gasteiger partial charge in [-0.25, -0.2) is 4.79 Å². The summed E-state index contributed by atoms with van der Waals surface area (Å²) in [7, 11) is 3.45. The first-order valence-corrected chi connectivity index (χ1v) is 11.9. The lowest BCUT2D eigenvalue weighted by atomic mass is 9.82. The van der Waals surface area contributed by atoms with Crippen LogP contribution in [0.15, 0.2) is 34.8 Å². The molecule has 2 unspecified atom stereocenters. The van der Waals surface area contributed by atoms with E-state index >= 15 is 0 Å². The van der Waals surface area contributed by atoms with E-state index in [1.807, 2.05) is 11.7 Å². The largest absolute Gasteiger partial charge is 0.467 e. The maximum absolute atomic E-state index is 12.2. The number of rotatable bonds is 5. The Labute approximate surface area is 193 Å². The van der Waals surface area contributed by atoms with Gasteiger partial charge >= 0.3 is 5.97 Å². The van der Waals surface area contributed by atoms with Gasteiger partial charge in [0, 0.05) is 41.8 Å². The van der Waals surface area contributed by atoms with Gasteiger partial charge in [0.25, 0.3) is 0 Å². The van der Waals surface area contributed by atoms with Crippen LogP contribution in [0.4, 0.5) is 0 Å². The Morgan fingerprint density at radius 3 is 2.55 bits per heavy atom. The van der Waals surface area contributed by atoms with Gasteiger partial charge in [-0.2, -0.15) is 5.10 Å². The van der Waals surface area contributed by atoms with Crippen molar-refractivity contribution in [2.75, 3.05) is 20.3 Å². The molecule has 2 aromatic rings. The first kappa shape index (κ1) is 22.5. The molecule has 1 aliphatic carbocycles. The van der Waals surface area contributed by atoms with Crippen LogP contribution in [0, 0.1) is 6.92 Å². The Morgan fingerprint density at radius 1 is 1.23 bits per heavy atom. The number of ether oxygens (including phenoxy) is 2. The number of nitrogens with zero attached hydrogens (tertiary/aromatic N) is 3. The average molecular weight is 490 g/mol. The molecule has 1 aromatic heterocycles. The Balaban J connectivity index is 1.45. The van der Waals surface area contributed by atoms with Crippen LogP contribution in [0.2, 0.25) is 0 Å².